The standard InChI is InChI=1S/C16H23N5O4S2/c1-5-8-21-15(23)18-19-16(21)26-10-14(22)17-13-9-12(7-6-11(13)2)27(24,25)20(3)4/h6-7,9H,5,8,10H2,1-4H3,(H,17,22)(H,18,23). The molecule has 0 aliphatic rings. The molecule has 1 aromatic heterocycles. The number of anilines is 1. The second-order valence-corrected chi connectivity index (χ2v) is 9.16. The molecule has 0 bridgehead atoms. The molecular weight excluding hydrogens is 390 g/mol. The van der Waals surface area contributed by atoms with Crippen LogP contribution in [0.3, 0.4) is 0 Å². The molecular formula is C16H23N5O4S2. The molecule has 1 heterocycles. The van der Waals surface area contributed by atoms with E-state index in [1.54, 1.807) is 13.0 Å². The van der Waals surface area contributed by atoms with Gasteiger partial charge in [-0.3, -0.25) is 9.36 Å². The van der Waals surface area contributed by atoms with Crippen molar-refractivity contribution in [2.75, 3.05) is 25.2 Å². The highest BCUT2D eigenvalue weighted by Crippen LogP contribution is 2.22. The third-order valence-corrected chi connectivity index (χ3v) is 6.55. The normalized spacial score (nSPS) is 11.7. The van der Waals surface area contributed by atoms with Crippen LogP contribution >= 0.6 is 11.8 Å². The van der Waals surface area contributed by atoms with Crippen LogP contribution in [0.1, 0.15) is 18.9 Å². The number of carbonyl (C=O) groups excluding carboxylic acids is 1. The van der Waals surface area contributed by atoms with Crippen molar-refractivity contribution in [3.63, 3.8) is 0 Å². The summed E-state index contributed by atoms with van der Waals surface area (Å²) in [4.78, 5) is 24.1. The zero-order valence-corrected chi connectivity index (χ0v) is 17.3. The number of H-pyrrole nitrogens is 1. The summed E-state index contributed by atoms with van der Waals surface area (Å²) in [6.07, 6.45) is 0.769. The molecule has 148 valence electrons. The summed E-state index contributed by atoms with van der Waals surface area (Å²) >= 11 is 1.14. The van der Waals surface area contributed by atoms with E-state index >= 15 is 0 Å². The third-order valence-electron chi connectivity index (χ3n) is 3.76. The Labute approximate surface area is 162 Å². The van der Waals surface area contributed by atoms with Crippen LogP contribution < -0.4 is 11.0 Å². The molecule has 2 rings (SSSR count). The smallest absolute Gasteiger partial charge is 0.325 e. The summed E-state index contributed by atoms with van der Waals surface area (Å²) in [5.41, 5.74) is 0.863. The summed E-state index contributed by atoms with van der Waals surface area (Å²) < 4.78 is 27.1. The van der Waals surface area contributed by atoms with Crippen molar-refractivity contribution in [3.8, 4) is 0 Å². The van der Waals surface area contributed by atoms with E-state index in [9.17, 15) is 18.0 Å². The van der Waals surface area contributed by atoms with Crippen LogP contribution in [-0.4, -0.2) is 53.2 Å². The number of nitrogens with zero attached hydrogens (tertiary/aromatic N) is 3. The molecule has 27 heavy (non-hydrogen) atoms. The Morgan fingerprint density at radius 3 is 2.70 bits per heavy atom. The van der Waals surface area contributed by atoms with Crippen LogP contribution in [0.15, 0.2) is 33.0 Å². The van der Waals surface area contributed by atoms with Crippen LogP contribution in [0.5, 0.6) is 0 Å². The second-order valence-electron chi connectivity index (χ2n) is 6.06. The maximum Gasteiger partial charge on any atom is 0.343 e. The van der Waals surface area contributed by atoms with Gasteiger partial charge in [-0.15, -0.1) is 5.10 Å². The van der Waals surface area contributed by atoms with E-state index in [1.807, 2.05) is 6.92 Å². The predicted molar refractivity (Wildman–Crippen MR) is 105 cm³/mol. The van der Waals surface area contributed by atoms with Gasteiger partial charge in [0.15, 0.2) is 5.16 Å². The van der Waals surface area contributed by atoms with Crippen molar-refractivity contribution >= 4 is 33.4 Å². The number of carbonyl (C=O) groups is 1. The Kier molecular flexibility index (Phi) is 6.84. The van der Waals surface area contributed by atoms with Gasteiger partial charge in [0, 0.05) is 26.3 Å². The molecule has 0 unspecified atom stereocenters. The molecule has 0 radical (unpaired) electrons. The van der Waals surface area contributed by atoms with Crippen molar-refractivity contribution in [2.45, 2.75) is 36.9 Å². The highest BCUT2D eigenvalue weighted by Gasteiger charge is 2.19. The van der Waals surface area contributed by atoms with Crippen LogP contribution in [0, 0.1) is 6.92 Å². The molecule has 0 fully saturated rings. The first kappa shape index (κ1) is 21.2. The minimum atomic E-state index is -3.59. The lowest BCUT2D eigenvalue weighted by atomic mass is 10.2. The molecule has 0 saturated carbocycles. The van der Waals surface area contributed by atoms with Gasteiger partial charge in [0.1, 0.15) is 0 Å². The number of hydrogen-bond acceptors (Lipinski definition) is 6. The van der Waals surface area contributed by atoms with Gasteiger partial charge in [-0.1, -0.05) is 24.8 Å². The molecule has 0 aliphatic heterocycles. The molecule has 1 amide bonds. The SMILES string of the molecule is CCCn1c(SCC(=O)Nc2cc(S(=O)(=O)N(C)C)ccc2C)n[nH]c1=O. The van der Waals surface area contributed by atoms with E-state index in [0.29, 0.717) is 17.4 Å². The molecule has 0 saturated heterocycles. The number of rotatable bonds is 8. The van der Waals surface area contributed by atoms with Gasteiger partial charge in [0.25, 0.3) is 0 Å². The van der Waals surface area contributed by atoms with Crippen LogP contribution in [0.25, 0.3) is 0 Å². The maximum absolute atomic E-state index is 12.3. The van der Waals surface area contributed by atoms with Crippen LogP contribution in [-0.2, 0) is 21.4 Å². The highest BCUT2D eigenvalue weighted by molar-refractivity contribution is 7.99. The summed E-state index contributed by atoms with van der Waals surface area (Å²) in [6.45, 7) is 4.24. The zero-order valence-electron chi connectivity index (χ0n) is 15.6. The van der Waals surface area contributed by atoms with Crippen molar-refractivity contribution in [3.05, 3.63) is 34.2 Å². The third kappa shape index (κ3) is 4.99. The summed E-state index contributed by atoms with van der Waals surface area (Å²) in [5, 5.41) is 9.46. The molecule has 0 atom stereocenters. The number of nitrogens with one attached hydrogen (secondary N) is 2. The van der Waals surface area contributed by atoms with E-state index in [2.05, 4.69) is 15.5 Å². The molecule has 11 heteroatoms. The Morgan fingerprint density at radius 2 is 2.07 bits per heavy atom. The van der Waals surface area contributed by atoms with Crippen molar-refractivity contribution in [2.24, 2.45) is 0 Å². The molecule has 1 aromatic carbocycles. The minimum Gasteiger partial charge on any atom is -0.325 e. The Morgan fingerprint density at radius 1 is 1.37 bits per heavy atom. The highest BCUT2D eigenvalue weighted by atomic mass is 32.2. The number of hydrogen-bond donors (Lipinski definition) is 2. The van der Waals surface area contributed by atoms with Gasteiger partial charge in [0.05, 0.1) is 10.6 Å². The van der Waals surface area contributed by atoms with Gasteiger partial charge in [-0.05, 0) is 31.0 Å². The van der Waals surface area contributed by atoms with Gasteiger partial charge in [0.2, 0.25) is 15.9 Å². The lowest BCUT2D eigenvalue weighted by molar-refractivity contribution is -0.113. The van der Waals surface area contributed by atoms with Gasteiger partial charge in [-0.2, -0.15) is 0 Å². The number of aromatic nitrogens is 3. The summed E-state index contributed by atoms with van der Waals surface area (Å²) in [5.74, 6) is -0.279. The van der Waals surface area contributed by atoms with Gasteiger partial charge >= 0.3 is 5.69 Å². The van der Waals surface area contributed by atoms with E-state index in [4.69, 9.17) is 0 Å². The Bertz CT molecular complexity index is 979. The first-order valence-corrected chi connectivity index (χ1v) is 10.7. The van der Waals surface area contributed by atoms with Crippen molar-refractivity contribution in [1.82, 2.24) is 19.1 Å². The minimum absolute atomic E-state index is 0.0398. The fourth-order valence-corrected chi connectivity index (χ4v) is 3.96. The van der Waals surface area contributed by atoms with Crippen molar-refractivity contribution < 1.29 is 13.2 Å². The predicted octanol–water partition coefficient (Wildman–Crippen LogP) is 1.27. The fourth-order valence-electron chi connectivity index (χ4n) is 2.26. The maximum atomic E-state index is 12.3. The number of aromatic amines is 1. The first-order chi connectivity index (χ1) is 12.7. The van der Waals surface area contributed by atoms with Gasteiger partial charge in [-0.25, -0.2) is 22.6 Å². The van der Waals surface area contributed by atoms with Gasteiger partial charge < -0.3 is 5.32 Å². The van der Waals surface area contributed by atoms with Crippen LogP contribution in [0.4, 0.5) is 5.69 Å². The molecule has 2 N–H and O–H groups in total. The topological polar surface area (TPSA) is 117 Å². The average Bonchev–Trinajstić information content (AvgIpc) is 2.95. The summed E-state index contributed by atoms with van der Waals surface area (Å²) in [7, 11) is -0.695. The quantitative estimate of drug-likeness (QED) is 0.630. The van der Waals surface area contributed by atoms with Crippen molar-refractivity contribution in [1.29, 1.82) is 0 Å². The van der Waals surface area contributed by atoms with E-state index in [-0.39, 0.29) is 22.2 Å². The molecule has 0 spiro atoms. The zero-order chi connectivity index (χ0) is 20.2. The lowest BCUT2D eigenvalue weighted by Crippen LogP contribution is -2.23. The lowest BCUT2D eigenvalue weighted by Gasteiger charge is -2.14. The molecule has 2 aromatic rings. The number of sulfonamides is 1. The summed E-state index contributed by atoms with van der Waals surface area (Å²) in [6, 6.07) is 4.59. The number of amides is 1. The number of thioether (sulfide) groups is 1. The number of aryl methyl sites for hydroxylation is 1. The van der Waals surface area contributed by atoms with E-state index in [0.717, 1.165) is 28.1 Å². The molecule has 0 aliphatic carbocycles. The van der Waals surface area contributed by atoms with E-state index < -0.39 is 10.0 Å². The number of benzene rings is 1. The average molecular weight is 414 g/mol. The Hall–Kier alpha value is -2.11. The van der Waals surface area contributed by atoms with Crippen LogP contribution in [0.2, 0.25) is 0 Å². The Balaban J connectivity index is 2.11. The monoisotopic (exact) mass is 413 g/mol. The molecule has 9 nitrogen and oxygen atoms in total. The second kappa shape index (κ2) is 8.72. The first-order valence-electron chi connectivity index (χ1n) is 8.27. The largest absolute Gasteiger partial charge is 0.343 e. The fraction of sp³-hybridized carbons (Fsp3) is 0.438. The van der Waals surface area contributed by atoms with E-state index in [1.165, 1.54) is 30.8 Å².